The molecule has 1 amide bonds. The predicted octanol–water partition coefficient (Wildman–Crippen LogP) is 2.94. The van der Waals surface area contributed by atoms with Gasteiger partial charge in [-0.1, -0.05) is 6.07 Å². The molecule has 1 aliphatic heterocycles. The number of methoxy groups -OCH3 is 1. The standard InChI is InChI=1S/C21H27N3O3/c1-21(2)11-18(17-8-7-16(26-4)10-19(17)27-21)23-20(25)14-24(3)13-15-6-5-9-22-12-15/h5-10,12,18H,11,13-14H2,1-4H3,(H,23,25)/t18-/m1/s1. The molecular weight excluding hydrogens is 342 g/mol. The number of benzene rings is 1. The number of likely N-dealkylation sites (N-methyl/N-ethyl adjacent to an activating group) is 1. The first kappa shape index (κ1) is 19.2. The molecular formula is C21H27N3O3. The molecule has 1 N–H and O–H groups in total. The van der Waals surface area contributed by atoms with Gasteiger partial charge in [0.15, 0.2) is 0 Å². The van der Waals surface area contributed by atoms with Crippen molar-refractivity contribution < 1.29 is 14.3 Å². The van der Waals surface area contributed by atoms with Crippen molar-refractivity contribution in [2.75, 3.05) is 20.7 Å². The third-order valence-corrected chi connectivity index (χ3v) is 4.60. The van der Waals surface area contributed by atoms with Crippen LogP contribution in [0.2, 0.25) is 0 Å². The van der Waals surface area contributed by atoms with Gasteiger partial charge >= 0.3 is 0 Å². The van der Waals surface area contributed by atoms with Gasteiger partial charge in [0, 0.05) is 37.0 Å². The minimum Gasteiger partial charge on any atom is -0.497 e. The molecule has 1 aromatic carbocycles. The first-order valence-corrected chi connectivity index (χ1v) is 9.10. The third kappa shape index (κ3) is 4.98. The van der Waals surface area contributed by atoms with E-state index in [9.17, 15) is 4.79 Å². The molecule has 0 radical (unpaired) electrons. The van der Waals surface area contributed by atoms with Crippen LogP contribution in [0.3, 0.4) is 0 Å². The molecule has 0 unspecified atom stereocenters. The van der Waals surface area contributed by atoms with Crippen LogP contribution in [0.5, 0.6) is 11.5 Å². The van der Waals surface area contributed by atoms with Gasteiger partial charge in [-0.05, 0) is 44.7 Å². The highest BCUT2D eigenvalue weighted by molar-refractivity contribution is 5.78. The summed E-state index contributed by atoms with van der Waals surface area (Å²) < 4.78 is 11.4. The molecule has 6 heteroatoms. The molecule has 0 aliphatic carbocycles. The van der Waals surface area contributed by atoms with E-state index in [4.69, 9.17) is 9.47 Å². The summed E-state index contributed by atoms with van der Waals surface area (Å²) in [5.41, 5.74) is 1.70. The molecule has 144 valence electrons. The molecule has 0 spiro atoms. The molecule has 0 fully saturated rings. The Hall–Kier alpha value is -2.60. The fourth-order valence-electron chi connectivity index (χ4n) is 3.43. The quantitative estimate of drug-likeness (QED) is 0.848. The van der Waals surface area contributed by atoms with Crippen LogP contribution in [0, 0.1) is 0 Å². The van der Waals surface area contributed by atoms with E-state index in [0.29, 0.717) is 19.5 Å². The van der Waals surface area contributed by atoms with Crippen LogP contribution in [-0.2, 0) is 11.3 Å². The van der Waals surface area contributed by atoms with Crippen LogP contribution in [0.25, 0.3) is 0 Å². The number of hydrogen-bond donors (Lipinski definition) is 1. The topological polar surface area (TPSA) is 63.7 Å². The Balaban J connectivity index is 1.66. The number of pyridine rings is 1. The predicted molar refractivity (Wildman–Crippen MR) is 104 cm³/mol. The number of fused-ring (bicyclic) bond motifs is 1. The summed E-state index contributed by atoms with van der Waals surface area (Å²) in [6, 6.07) is 9.56. The summed E-state index contributed by atoms with van der Waals surface area (Å²) in [5, 5.41) is 3.17. The number of carbonyl (C=O) groups excluding carboxylic acids is 1. The lowest BCUT2D eigenvalue weighted by Crippen LogP contribution is -2.43. The molecule has 2 heterocycles. The first-order valence-electron chi connectivity index (χ1n) is 9.10. The van der Waals surface area contributed by atoms with Crippen molar-refractivity contribution in [3.05, 3.63) is 53.9 Å². The lowest BCUT2D eigenvalue weighted by atomic mass is 9.89. The van der Waals surface area contributed by atoms with Crippen molar-refractivity contribution in [1.29, 1.82) is 0 Å². The lowest BCUT2D eigenvalue weighted by Gasteiger charge is -2.38. The molecule has 1 atom stereocenters. The molecule has 0 bridgehead atoms. The van der Waals surface area contributed by atoms with Crippen LogP contribution in [0.1, 0.15) is 37.4 Å². The van der Waals surface area contributed by atoms with E-state index in [-0.39, 0.29) is 17.6 Å². The highest BCUT2D eigenvalue weighted by atomic mass is 16.5. The summed E-state index contributed by atoms with van der Waals surface area (Å²) in [4.78, 5) is 18.7. The van der Waals surface area contributed by atoms with Gasteiger partial charge < -0.3 is 14.8 Å². The first-order chi connectivity index (χ1) is 12.9. The summed E-state index contributed by atoms with van der Waals surface area (Å²) in [6.45, 7) is 5.05. The van der Waals surface area contributed by atoms with E-state index in [0.717, 1.165) is 22.6 Å². The fourth-order valence-corrected chi connectivity index (χ4v) is 3.43. The number of rotatable bonds is 6. The molecule has 1 aliphatic rings. The molecule has 3 rings (SSSR count). The van der Waals surface area contributed by atoms with Gasteiger partial charge in [-0.3, -0.25) is 14.7 Å². The van der Waals surface area contributed by atoms with Crippen molar-refractivity contribution in [2.24, 2.45) is 0 Å². The van der Waals surface area contributed by atoms with Crippen molar-refractivity contribution >= 4 is 5.91 Å². The smallest absolute Gasteiger partial charge is 0.234 e. The largest absolute Gasteiger partial charge is 0.497 e. The Labute approximate surface area is 160 Å². The normalized spacial score (nSPS) is 17.7. The van der Waals surface area contributed by atoms with Gasteiger partial charge in [-0.15, -0.1) is 0 Å². The number of amides is 1. The number of nitrogens with zero attached hydrogens (tertiary/aromatic N) is 2. The second-order valence-electron chi connectivity index (χ2n) is 7.62. The molecule has 27 heavy (non-hydrogen) atoms. The summed E-state index contributed by atoms with van der Waals surface area (Å²) >= 11 is 0. The minimum atomic E-state index is -0.362. The van der Waals surface area contributed by atoms with E-state index in [1.54, 1.807) is 13.3 Å². The van der Waals surface area contributed by atoms with Gasteiger partial charge in [0.25, 0.3) is 0 Å². The Morgan fingerprint density at radius 1 is 1.41 bits per heavy atom. The van der Waals surface area contributed by atoms with Crippen LogP contribution >= 0.6 is 0 Å². The maximum atomic E-state index is 12.6. The zero-order valence-electron chi connectivity index (χ0n) is 16.4. The van der Waals surface area contributed by atoms with E-state index in [2.05, 4.69) is 10.3 Å². The maximum Gasteiger partial charge on any atom is 0.234 e. The van der Waals surface area contributed by atoms with E-state index < -0.39 is 0 Å². The fraction of sp³-hybridized carbons (Fsp3) is 0.429. The minimum absolute atomic E-state index is 0.00846. The van der Waals surface area contributed by atoms with Crippen molar-refractivity contribution in [1.82, 2.24) is 15.2 Å². The summed E-state index contributed by atoms with van der Waals surface area (Å²) in [5.74, 6) is 1.50. The Bertz CT molecular complexity index is 793. The van der Waals surface area contributed by atoms with Crippen LogP contribution < -0.4 is 14.8 Å². The highest BCUT2D eigenvalue weighted by Gasteiger charge is 2.34. The second kappa shape index (κ2) is 7.96. The number of hydrogen-bond acceptors (Lipinski definition) is 5. The number of ether oxygens (including phenoxy) is 2. The highest BCUT2D eigenvalue weighted by Crippen LogP contribution is 2.41. The Kier molecular flexibility index (Phi) is 5.65. The number of nitrogens with one attached hydrogen (secondary N) is 1. The van der Waals surface area contributed by atoms with Crippen molar-refractivity contribution in [3.8, 4) is 11.5 Å². The third-order valence-electron chi connectivity index (χ3n) is 4.60. The zero-order valence-corrected chi connectivity index (χ0v) is 16.4. The van der Waals surface area contributed by atoms with Gasteiger partial charge in [-0.2, -0.15) is 0 Å². The van der Waals surface area contributed by atoms with Crippen molar-refractivity contribution in [2.45, 2.75) is 38.5 Å². The van der Waals surface area contributed by atoms with E-state index in [1.165, 1.54) is 0 Å². The van der Waals surface area contributed by atoms with Crippen LogP contribution in [-0.4, -0.2) is 42.1 Å². The lowest BCUT2D eigenvalue weighted by molar-refractivity contribution is -0.123. The Morgan fingerprint density at radius 3 is 2.93 bits per heavy atom. The van der Waals surface area contributed by atoms with E-state index in [1.807, 2.05) is 62.3 Å². The Morgan fingerprint density at radius 2 is 2.22 bits per heavy atom. The average Bonchev–Trinajstić information content (AvgIpc) is 2.60. The second-order valence-corrected chi connectivity index (χ2v) is 7.62. The van der Waals surface area contributed by atoms with Crippen LogP contribution in [0.15, 0.2) is 42.7 Å². The van der Waals surface area contributed by atoms with Gasteiger partial charge in [-0.25, -0.2) is 0 Å². The zero-order chi connectivity index (χ0) is 19.4. The monoisotopic (exact) mass is 369 g/mol. The van der Waals surface area contributed by atoms with Gasteiger partial charge in [0.2, 0.25) is 5.91 Å². The average molecular weight is 369 g/mol. The SMILES string of the molecule is COc1ccc2c(c1)OC(C)(C)C[C@H]2NC(=O)CN(C)Cc1cccnc1. The van der Waals surface area contributed by atoms with E-state index >= 15 is 0 Å². The number of carbonyl (C=O) groups is 1. The van der Waals surface area contributed by atoms with Crippen molar-refractivity contribution in [3.63, 3.8) is 0 Å². The van der Waals surface area contributed by atoms with Crippen LogP contribution in [0.4, 0.5) is 0 Å². The maximum absolute atomic E-state index is 12.6. The summed E-state index contributed by atoms with van der Waals surface area (Å²) in [7, 11) is 3.56. The summed E-state index contributed by atoms with van der Waals surface area (Å²) in [6.07, 6.45) is 4.28. The molecule has 0 saturated heterocycles. The molecule has 2 aromatic rings. The molecule has 1 aromatic heterocycles. The van der Waals surface area contributed by atoms with Gasteiger partial charge in [0.1, 0.15) is 17.1 Å². The number of aromatic nitrogens is 1. The molecule has 6 nitrogen and oxygen atoms in total. The molecule has 0 saturated carbocycles. The van der Waals surface area contributed by atoms with Gasteiger partial charge in [0.05, 0.1) is 19.7 Å².